The molecular formula is C21H22O2. The minimum atomic E-state index is -0.599. The van der Waals surface area contributed by atoms with Crippen LogP contribution in [0.4, 0.5) is 0 Å². The Morgan fingerprint density at radius 3 is 2.39 bits per heavy atom. The first-order chi connectivity index (χ1) is 11.0. The number of ether oxygens (including phenoxy) is 2. The lowest BCUT2D eigenvalue weighted by atomic mass is 9.92. The Balaban J connectivity index is 1.87. The molecule has 0 aromatic heterocycles. The predicted molar refractivity (Wildman–Crippen MR) is 92.1 cm³/mol. The quantitative estimate of drug-likeness (QED) is 0.732. The molecule has 2 heteroatoms. The Morgan fingerprint density at radius 2 is 1.70 bits per heavy atom. The second kappa shape index (κ2) is 6.58. The molecule has 0 N–H and O–H groups in total. The highest BCUT2D eigenvalue weighted by molar-refractivity contribution is 5.38. The summed E-state index contributed by atoms with van der Waals surface area (Å²) in [5, 5.41) is 0. The van der Waals surface area contributed by atoms with Crippen molar-refractivity contribution < 1.29 is 9.47 Å². The van der Waals surface area contributed by atoms with Crippen LogP contribution in [0.2, 0.25) is 0 Å². The number of hydrogen-bond donors (Lipinski definition) is 0. The van der Waals surface area contributed by atoms with E-state index in [1.165, 1.54) is 11.1 Å². The Bertz CT molecular complexity index is 705. The minimum absolute atomic E-state index is 0.127. The van der Waals surface area contributed by atoms with Crippen molar-refractivity contribution in [1.29, 1.82) is 0 Å². The lowest BCUT2D eigenvalue weighted by molar-refractivity contribution is -0.268. The van der Waals surface area contributed by atoms with Crippen molar-refractivity contribution in [3.8, 4) is 11.8 Å². The zero-order valence-corrected chi connectivity index (χ0v) is 13.9. The van der Waals surface area contributed by atoms with E-state index in [0.717, 1.165) is 5.56 Å². The fourth-order valence-corrected chi connectivity index (χ4v) is 2.69. The molecule has 1 fully saturated rings. The van der Waals surface area contributed by atoms with E-state index < -0.39 is 5.79 Å². The van der Waals surface area contributed by atoms with Crippen LogP contribution in [0.15, 0.2) is 54.6 Å². The molecule has 118 valence electrons. The van der Waals surface area contributed by atoms with E-state index in [1.54, 1.807) is 0 Å². The van der Waals surface area contributed by atoms with Gasteiger partial charge in [0.15, 0.2) is 5.79 Å². The molecule has 23 heavy (non-hydrogen) atoms. The van der Waals surface area contributed by atoms with Gasteiger partial charge in [-0.15, -0.1) is 0 Å². The highest BCUT2D eigenvalue weighted by Gasteiger charge is 2.36. The van der Waals surface area contributed by atoms with Crippen LogP contribution in [0.3, 0.4) is 0 Å². The predicted octanol–water partition coefficient (Wildman–Crippen LogP) is 4.28. The van der Waals surface area contributed by atoms with Crippen LogP contribution in [-0.2, 0) is 9.47 Å². The van der Waals surface area contributed by atoms with Gasteiger partial charge in [0.25, 0.3) is 0 Å². The molecule has 0 saturated carbocycles. The maximum absolute atomic E-state index is 6.09. The summed E-state index contributed by atoms with van der Waals surface area (Å²) in [6, 6.07) is 18.6. The van der Waals surface area contributed by atoms with Crippen molar-refractivity contribution in [3.05, 3.63) is 71.3 Å². The third-order valence-corrected chi connectivity index (χ3v) is 4.02. The van der Waals surface area contributed by atoms with Crippen molar-refractivity contribution in [2.24, 2.45) is 0 Å². The molecule has 2 atom stereocenters. The molecular weight excluding hydrogens is 284 g/mol. The monoisotopic (exact) mass is 306 g/mol. The number of rotatable bonds is 1. The van der Waals surface area contributed by atoms with Gasteiger partial charge in [0.05, 0.1) is 6.61 Å². The molecule has 0 bridgehead atoms. The minimum Gasteiger partial charge on any atom is -0.350 e. The molecule has 2 aromatic rings. The van der Waals surface area contributed by atoms with Gasteiger partial charge in [0.1, 0.15) is 6.10 Å². The standard InChI is InChI=1S/C21H22O2/c1-16-9-11-17(12-10-16)13-14-20-19(15-22-21(2,3)23-20)18-7-5-4-6-8-18/h4-12,19-20H,15H2,1-3H3/t19-,20-/m1/s1. The van der Waals surface area contributed by atoms with Gasteiger partial charge in [-0.05, 0) is 38.5 Å². The van der Waals surface area contributed by atoms with Gasteiger partial charge in [-0.25, -0.2) is 0 Å². The molecule has 0 aliphatic carbocycles. The van der Waals surface area contributed by atoms with E-state index in [4.69, 9.17) is 9.47 Å². The zero-order valence-electron chi connectivity index (χ0n) is 13.9. The molecule has 0 unspecified atom stereocenters. The number of benzene rings is 2. The summed E-state index contributed by atoms with van der Waals surface area (Å²) in [7, 11) is 0. The second-order valence-electron chi connectivity index (χ2n) is 6.40. The maximum atomic E-state index is 6.09. The van der Waals surface area contributed by atoms with Crippen molar-refractivity contribution >= 4 is 0 Å². The van der Waals surface area contributed by atoms with E-state index in [2.05, 4.69) is 43.0 Å². The maximum Gasteiger partial charge on any atom is 0.164 e. The van der Waals surface area contributed by atoms with Crippen molar-refractivity contribution in [2.45, 2.75) is 38.6 Å². The van der Waals surface area contributed by atoms with Crippen LogP contribution < -0.4 is 0 Å². The first-order valence-corrected chi connectivity index (χ1v) is 7.98. The number of hydrogen-bond acceptors (Lipinski definition) is 2. The van der Waals surface area contributed by atoms with Crippen LogP contribution in [0, 0.1) is 18.8 Å². The average Bonchev–Trinajstić information content (AvgIpc) is 2.54. The van der Waals surface area contributed by atoms with Gasteiger partial charge in [-0.2, -0.15) is 0 Å². The average molecular weight is 306 g/mol. The molecule has 2 nitrogen and oxygen atoms in total. The summed E-state index contributed by atoms with van der Waals surface area (Å²) in [6.45, 7) is 6.57. The molecule has 2 aromatic carbocycles. The smallest absolute Gasteiger partial charge is 0.164 e. The Kier molecular flexibility index (Phi) is 4.52. The van der Waals surface area contributed by atoms with Crippen LogP contribution in [0.25, 0.3) is 0 Å². The van der Waals surface area contributed by atoms with Gasteiger partial charge < -0.3 is 9.47 Å². The topological polar surface area (TPSA) is 18.5 Å². The zero-order chi connectivity index (χ0) is 16.3. The SMILES string of the molecule is Cc1ccc(C#C[C@H]2OC(C)(C)OC[C@@H]2c2ccccc2)cc1. The number of aryl methyl sites for hydroxylation is 1. The second-order valence-corrected chi connectivity index (χ2v) is 6.40. The molecule has 0 radical (unpaired) electrons. The lowest BCUT2D eigenvalue weighted by Gasteiger charge is -2.39. The van der Waals surface area contributed by atoms with E-state index >= 15 is 0 Å². The fourth-order valence-electron chi connectivity index (χ4n) is 2.69. The van der Waals surface area contributed by atoms with Crippen molar-refractivity contribution in [2.75, 3.05) is 6.61 Å². The first kappa shape index (κ1) is 15.8. The van der Waals surface area contributed by atoms with Gasteiger partial charge in [0, 0.05) is 11.5 Å². The van der Waals surface area contributed by atoms with E-state index in [9.17, 15) is 0 Å². The Hall–Kier alpha value is -2.08. The molecule has 1 aliphatic rings. The van der Waals surface area contributed by atoms with Crippen LogP contribution in [0.1, 0.15) is 36.5 Å². The van der Waals surface area contributed by atoms with Crippen LogP contribution in [0.5, 0.6) is 0 Å². The van der Waals surface area contributed by atoms with E-state index in [0.29, 0.717) is 6.61 Å². The summed E-state index contributed by atoms with van der Waals surface area (Å²) < 4.78 is 11.9. The van der Waals surface area contributed by atoms with E-state index in [1.807, 2.05) is 44.2 Å². The fraction of sp³-hybridized carbons (Fsp3) is 0.333. The summed E-state index contributed by atoms with van der Waals surface area (Å²) in [5.41, 5.74) is 3.45. The van der Waals surface area contributed by atoms with Crippen LogP contribution >= 0.6 is 0 Å². The van der Waals surface area contributed by atoms with Gasteiger partial charge in [-0.1, -0.05) is 59.9 Å². The molecule has 1 heterocycles. The summed E-state index contributed by atoms with van der Waals surface area (Å²) in [4.78, 5) is 0. The summed E-state index contributed by atoms with van der Waals surface area (Å²) in [5.74, 6) is 6.09. The van der Waals surface area contributed by atoms with Crippen molar-refractivity contribution in [1.82, 2.24) is 0 Å². The molecule has 0 spiro atoms. The van der Waals surface area contributed by atoms with Crippen LogP contribution in [-0.4, -0.2) is 18.5 Å². The van der Waals surface area contributed by atoms with Gasteiger partial charge in [-0.3, -0.25) is 0 Å². The first-order valence-electron chi connectivity index (χ1n) is 7.98. The summed E-state index contributed by atoms with van der Waals surface area (Å²) in [6.07, 6.45) is -0.178. The third kappa shape index (κ3) is 4.01. The Morgan fingerprint density at radius 1 is 1.00 bits per heavy atom. The largest absolute Gasteiger partial charge is 0.350 e. The van der Waals surface area contributed by atoms with Crippen molar-refractivity contribution in [3.63, 3.8) is 0 Å². The highest BCUT2D eigenvalue weighted by Crippen LogP contribution is 2.32. The summed E-state index contributed by atoms with van der Waals surface area (Å²) >= 11 is 0. The molecule has 3 rings (SSSR count). The molecule has 0 amide bonds. The lowest BCUT2D eigenvalue weighted by Crippen LogP contribution is -2.43. The molecule has 1 saturated heterocycles. The normalized spacial score (nSPS) is 22.9. The Labute approximate surface area is 138 Å². The molecule has 1 aliphatic heterocycles. The third-order valence-electron chi connectivity index (χ3n) is 4.02. The highest BCUT2D eigenvalue weighted by atomic mass is 16.7. The van der Waals surface area contributed by atoms with Gasteiger partial charge in [0.2, 0.25) is 0 Å². The van der Waals surface area contributed by atoms with E-state index in [-0.39, 0.29) is 12.0 Å². The van der Waals surface area contributed by atoms with Gasteiger partial charge >= 0.3 is 0 Å².